The number of thioether (sulfide) groups is 1. The minimum atomic E-state index is 0.0128. The third-order valence-corrected chi connectivity index (χ3v) is 6.56. The summed E-state index contributed by atoms with van der Waals surface area (Å²) in [5.41, 5.74) is 1.22. The first-order chi connectivity index (χ1) is 16.1. The SMILES string of the molecule is CCCCCCNC(=O)CSc1nc(Cl)cc(N2CCN(C/C=C/c3ccccc3)CC2)n1. The molecule has 33 heavy (non-hydrogen) atoms. The van der Waals surface area contributed by atoms with E-state index in [4.69, 9.17) is 11.6 Å². The van der Waals surface area contributed by atoms with Crippen LogP contribution < -0.4 is 10.2 Å². The van der Waals surface area contributed by atoms with Gasteiger partial charge in [-0.1, -0.05) is 92.0 Å². The maximum atomic E-state index is 12.1. The van der Waals surface area contributed by atoms with Gasteiger partial charge >= 0.3 is 0 Å². The van der Waals surface area contributed by atoms with Crippen molar-refractivity contribution in [2.45, 2.75) is 37.8 Å². The molecule has 8 heteroatoms. The summed E-state index contributed by atoms with van der Waals surface area (Å²) in [5, 5.41) is 3.93. The van der Waals surface area contributed by atoms with Crippen LogP contribution >= 0.6 is 23.4 Å². The number of carbonyl (C=O) groups is 1. The molecule has 0 bridgehead atoms. The highest BCUT2D eigenvalue weighted by Gasteiger charge is 2.19. The molecule has 0 aliphatic carbocycles. The van der Waals surface area contributed by atoms with Crippen molar-refractivity contribution in [3.63, 3.8) is 0 Å². The number of amides is 1. The van der Waals surface area contributed by atoms with Gasteiger partial charge in [0.25, 0.3) is 0 Å². The second kappa shape index (κ2) is 14.2. The summed E-state index contributed by atoms with van der Waals surface area (Å²) < 4.78 is 0. The number of aromatic nitrogens is 2. The number of rotatable bonds is 12. The van der Waals surface area contributed by atoms with E-state index in [9.17, 15) is 4.79 Å². The van der Waals surface area contributed by atoms with E-state index in [1.807, 2.05) is 12.1 Å². The van der Waals surface area contributed by atoms with Crippen molar-refractivity contribution in [2.75, 3.05) is 49.9 Å². The molecule has 0 radical (unpaired) electrons. The summed E-state index contributed by atoms with van der Waals surface area (Å²) >= 11 is 7.59. The van der Waals surface area contributed by atoms with Gasteiger partial charge in [-0.3, -0.25) is 9.69 Å². The Morgan fingerprint density at radius 2 is 1.91 bits per heavy atom. The van der Waals surface area contributed by atoms with Crippen molar-refractivity contribution >= 4 is 41.2 Å². The van der Waals surface area contributed by atoms with Crippen LogP contribution in [0.25, 0.3) is 6.08 Å². The molecule has 178 valence electrons. The average Bonchev–Trinajstić information content (AvgIpc) is 2.83. The van der Waals surface area contributed by atoms with Gasteiger partial charge in [-0.15, -0.1) is 0 Å². The molecule has 0 spiro atoms. The lowest BCUT2D eigenvalue weighted by Gasteiger charge is -2.35. The van der Waals surface area contributed by atoms with E-state index in [-0.39, 0.29) is 5.91 Å². The molecule has 6 nitrogen and oxygen atoms in total. The zero-order chi connectivity index (χ0) is 23.3. The molecular formula is C25H34ClN5OS. The fourth-order valence-electron chi connectivity index (χ4n) is 3.63. The lowest BCUT2D eigenvalue weighted by Crippen LogP contribution is -2.46. The first-order valence-corrected chi connectivity index (χ1v) is 13.1. The van der Waals surface area contributed by atoms with Crippen LogP contribution in [0.15, 0.2) is 47.6 Å². The Kier molecular flexibility index (Phi) is 11.0. The molecule has 0 atom stereocenters. The molecule has 3 rings (SSSR count). The predicted molar refractivity (Wildman–Crippen MR) is 139 cm³/mol. The van der Waals surface area contributed by atoms with Gasteiger partial charge in [0.1, 0.15) is 11.0 Å². The van der Waals surface area contributed by atoms with Gasteiger partial charge in [0.2, 0.25) is 5.91 Å². The monoisotopic (exact) mass is 487 g/mol. The number of benzene rings is 1. The Morgan fingerprint density at radius 1 is 1.12 bits per heavy atom. The van der Waals surface area contributed by atoms with E-state index in [0.717, 1.165) is 57.9 Å². The third kappa shape index (κ3) is 9.35. The Labute approximate surface area is 206 Å². The average molecular weight is 488 g/mol. The molecular weight excluding hydrogens is 454 g/mol. The van der Waals surface area contributed by atoms with Crippen LogP contribution in [-0.2, 0) is 4.79 Å². The lowest BCUT2D eigenvalue weighted by molar-refractivity contribution is -0.118. The van der Waals surface area contributed by atoms with Crippen LogP contribution in [0.3, 0.4) is 0 Å². The fourth-order valence-corrected chi connectivity index (χ4v) is 4.55. The summed E-state index contributed by atoms with van der Waals surface area (Å²) in [7, 11) is 0. The summed E-state index contributed by atoms with van der Waals surface area (Å²) in [6.07, 6.45) is 8.97. The molecule has 0 saturated carbocycles. The third-order valence-electron chi connectivity index (χ3n) is 5.52. The number of halogens is 1. The summed E-state index contributed by atoms with van der Waals surface area (Å²) in [4.78, 5) is 25.7. The molecule has 1 N–H and O–H groups in total. The minimum absolute atomic E-state index is 0.0128. The van der Waals surface area contributed by atoms with Gasteiger partial charge in [0, 0.05) is 45.3 Å². The molecule has 1 amide bonds. The quantitative estimate of drug-likeness (QED) is 0.202. The van der Waals surface area contributed by atoms with Gasteiger partial charge in [-0.05, 0) is 12.0 Å². The van der Waals surface area contributed by atoms with Gasteiger partial charge < -0.3 is 10.2 Å². The number of hydrogen-bond acceptors (Lipinski definition) is 6. The summed E-state index contributed by atoms with van der Waals surface area (Å²) in [6, 6.07) is 12.2. The highest BCUT2D eigenvalue weighted by atomic mass is 35.5. The molecule has 2 aromatic rings. The predicted octanol–water partition coefficient (Wildman–Crippen LogP) is 4.75. The Hall–Kier alpha value is -2.09. The van der Waals surface area contributed by atoms with Crippen molar-refractivity contribution in [1.82, 2.24) is 20.2 Å². The van der Waals surface area contributed by atoms with Crippen molar-refractivity contribution in [3.8, 4) is 0 Å². The molecule has 1 saturated heterocycles. The van der Waals surface area contributed by atoms with Crippen molar-refractivity contribution in [2.24, 2.45) is 0 Å². The second-order valence-electron chi connectivity index (χ2n) is 8.13. The normalized spacial score (nSPS) is 14.7. The minimum Gasteiger partial charge on any atom is -0.355 e. The largest absolute Gasteiger partial charge is 0.355 e. The van der Waals surface area contributed by atoms with Crippen LogP contribution in [0.4, 0.5) is 5.82 Å². The van der Waals surface area contributed by atoms with Gasteiger partial charge in [0.05, 0.1) is 5.75 Å². The van der Waals surface area contributed by atoms with Crippen molar-refractivity contribution in [1.29, 1.82) is 0 Å². The standard InChI is InChI=1S/C25H34ClN5OS/c1-2-3-4-8-13-27-24(32)20-33-25-28-22(26)19-23(29-25)31-17-15-30(16-18-31)14-9-12-21-10-6-5-7-11-21/h5-7,9-12,19H,2-4,8,13-18,20H2,1H3,(H,27,32)/b12-9+. The summed E-state index contributed by atoms with van der Waals surface area (Å²) in [5.74, 6) is 1.14. The first kappa shape index (κ1) is 25.5. The number of carbonyl (C=O) groups excluding carboxylic acids is 1. The Morgan fingerprint density at radius 3 is 2.67 bits per heavy atom. The number of unbranched alkanes of at least 4 members (excludes halogenated alkanes) is 3. The fraction of sp³-hybridized carbons (Fsp3) is 0.480. The zero-order valence-corrected chi connectivity index (χ0v) is 21.0. The molecule has 1 aromatic carbocycles. The number of piperazine rings is 1. The molecule has 2 heterocycles. The van der Waals surface area contributed by atoms with E-state index in [0.29, 0.717) is 16.1 Å². The van der Waals surface area contributed by atoms with Crippen molar-refractivity contribution in [3.05, 3.63) is 53.2 Å². The highest BCUT2D eigenvalue weighted by Crippen LogP contribution is 2.22. The van der Waals surface area contributed by atoms with Gasteiger partial charge in [-0.2, -0.15) is 0 Å². The van der Waals surface area contributed by atoms with E-state index < -0.39 is 0 Å². The highest BCUT2D eigenvalue weighted by molar-refractivity contribution is 7.99. The molecule has 1 aromatic heterocycles. The number of nitrogens with zero attached hydrogens (tertiary/aromatic N) is 4. The molecule has 1 aliphatic heterocycles. The smallest absolute Gasteiger partial charge is 0.230 e. The molecule has 1 fully saturated rings. The lowest BCUT2D eigenvalue weighted by atomic mass is 10.2. The van der Waals surface area contributed by atoms with Crippen LogP contribution in [-0.4, -0.2) is 65.8 Å². The first-order valence-electron chi connectivity index (χ1n) is 11.8. The number of nitrogens with one attached hydrogen (secondary N) is 1. The topological polar surface area (TPSA) is 61.4 Å². The summed E-state index contributed by atoms with van der Waals surface area (Å²) in [6.45, 7) is 7.53. The van der Waals surface area contributed by atoms with Gasteiger partial charge in [-0.25, -0.2) is 9.97 Å². The van der Waals surface area contributed by atoms with Crippen molar-refractivity contribution < 1.29 is 4.79 Å². The van der Waals surface area contributed by atoms with E-state index >= 15 is 0 Å². The van der Waals surface area contributed by atoms with E-state index in [1.165, 1.54) is 30.2 Å². The van der Waals surface area contributed by atoms with Crippen LogP contribution in [0, 0.1) is 0 Å². The molecule has 1 aliphatic rings. The van der Waals surface area contributed by atoms with Crippen LogP contribution in [0.2, 0.25) is 5.15 Å². The maximum Gasteiger partial charge on any atom is 0.230 e. The van der Waals surface area contributed by atoms with Crippen LogP contribution in [0.5, 0.6) is 0 Å². The molecule has 0 unspecified atom stereocenters. The van der Waals surface area contributed by atoms with Crippen LogP contribution in [0.1, 0.15) is 38.2 Å². The number of anilines is 1. The Bertz CT molecular complexity index is 888. The van der Waals surface area contributed by atoms with E-state index in [2.05, 4.69) is 68.4 Å². The Balaban J connectivity index is 1.43. The maximum absolute atomic E-state index is 12.1. The zero-order valence-electron chi connectivity index (χ0n) is 19.4. The van der Waals surface area contributed by atoms with E-state index in [1.54, 1.807) is 0 Å². The second-order valence-corrected chi connectivity index (χ2v) is 9.46. The van der Waals surface area contributed by atoms with Gasteiger partial charge in [0.15, 0.2) is 5.16 Å². The number of hydrogen-bond donors (Lipinski definition) is 1.